The summed E-state index contributed by atoms with van der Waals surface area (Å²) in [5.74, 6) is -0.388. The van der Waals surface area contributed by atoms with Crippen LogP contribution in [0, 0.1) is 5.82 Å². The van der Waals surface area contributed by atoms with Gasteiger partial charge in [-0.05, 0) is 30.7 Å². The molecule has 0 saturated carbocycles. The molecule has 0 amide bonds. The van der Waals surface area contributed by atoms with Crippen LogP contribution in [0.4, 0.5) is 4.39 Å². The van der Waals surface area contributed by atoms with Gasteiger partial charge in [-0.3, -0.25) is 4.98 Å². The highest BCUT2D eigenvalue weighted by Gasteiger charge is 2.09. The normalized spacial score (nSPS) is 12.2. The lowest BCUT2D eigenvalue weighted by Gasteiger charge is -2.10. The Balaban J connectivity index is 2.10. The quantitative estimate of drug-likeness (QED) is 0.932. The Morgan fingerprint density at radius 3 is 2.84 bits per heavy atom. The summed E-state index contributed by atoms with van der Waals surface area (Å²) >= 11 is 5.93. The zero-order valence-electron chi connectivity index (χ0n) is 10.3. The Morgan fingerprint density at radius 1 is 1.42 bits per heavy atom. The van der Waals surface area contributed by atoms with E-state index in [1.54, 1.807) is 25.3 Å². The Kier molecular flexibility index (Phi) is 4.35. The van der Waals surface area contributed by atoms with E-state index in [9.17, 15) is 9.50 Å². The molecule has 0 radical (unpaired) electrons. The lowest BCUT2D eigenvalue weighted by molar-refractivity contribution is 0.198. The van der Waals surface area contributed by atoms with Crippen LogP contribution in [-0.4, -0.2) is 10.1 Å². The molecule has 1 heterocycles. The maximum absolute atomic E-state index is 13.7. The molecule has 0 saturated heterocycles. The maximum Gasteiger partial charge on any atom is 0.165 e. The van der Waals surface area contributed by atoms with Crippen molar-refractivity contribution in [2.75, 3.05) is 0 Å². The first-order valence-corrected chi connectivity index (χ1v) is 6.14. The number of rotatable bonds is 4. The highest BCUT2D eigenvalue weighted by molar-refractivity contribution is 6.31. The van der Waals surface area contributed by atoms with Gasteiger partial charge >= 0.3 is 0 Å². The van der Waals surface area contributed by atoms with Gasteiger partial charge in [-0.1, -0.05) is 17.7 Å². The van der Waals surface area contributed by atoms with E-state index >= 15 is 0 Å². The third-order valence-corrected chi connectivity index (χ3v) is 3.02. The fraction of sp³-hybridized carbons (Fsp3) is 0.214. The largest absolute Gasteiger partial charge is 0.486 e. The zero-order chi connectivity index (χ0) is 13.8. The predicted molar refractivity (Wildman–Crippen MR) is 70.6 cm³/mol. The highest BCUT2D eigenvalue weighted by atomic mass is 35.5. The molecular weight excluding hydrogens is 269 g/mol. The molecule has 0 aliphatic carbocycles. The third kappa shape index (κ3) is 3.43. The first-order chi connectivity index (χ1) is 9.08. The van der Waals surface area contributed by atoms with Crippen LogP contribution in [0.5, 0.6) is 5.75 Å². The topological polar surface area (TPSA) is 42.4 Å². The third-order valence-electron chi connectivity index (χ3n) is 2.68. The van der Waals surface area contributed by atoms with Gasteiger partial charge in [0.05, 0.1) is 11.1 Å². The summed E-state index contributed by atoms with van der Waals surface area (Å²) in [4.78, 5) is 3.86. The Bertz CT molecular complexity index is 575. The molecule has 2 rings (SSSR count). The minimum absolute atomic E-state index is 0.122. The van der Waals surface area contributed by atoms with E-state index in [1.807, 2.05) is 0 Å². The van der Waals surface area contributed by atoms with E-state index in [2.05, 4.69) is 4.98 Å². The molecule has 0 spiro atoms. The van der Waals surface area contributed by atoms with Crippen molar-refractivity contribution in [3.8, 4) is 5.75 Å². The van der Waals surface area contributed by atoms with Crippen LogP contribution in [0.2, 0.25) is 5.02 Å². The average molecular weight is 282 g/mol. The summed E-state index contributed by atoms with van der Waals surface area (Å²) in [6, 6.07) is 6.09. The molecule has 0 fully saturated rings. The summed E-state index contributed by atoms with van der Waals surface area (Å²) in [6.45, 7) is 1.73. The second-order valence-corrected chi connectivity index (χ2v) is 4.53. The summed E-state index contributed by atoms with van der Waals surface area (Å²) < 4.78 is 19.1. The number of aromatic nitrogens is 1. The van der Waals surface area contributed by atoms with Crippen molar-refractivity contribution in [2.45, 2.75) is 19.6 Å². The van der Waals surface area contributed by atoms with Crippen molar-refractivity contribution in [3.05, 3.63) is 58.6 Å². The summed E-state index contributed by atoms with van der Waals surface area (Å²) in [7, 11) is 0. The number of aliphatic hydroxyl groups is 1. The van der Waals surface area contributed by atoms with E-state index in [0.717, 1.165) is 5.56 Å². The van der Waals surface area contributed by atoms with E-state index in [4.69, 9.17) is 16.3 Å². The standard InChI is InChI=1S/C14H13ClFNO2/c1-9(18)10-2-3-14(13(16)6-10)19-8-11-4-5-17-7-12(11)15/h2-7,9,18H,8H2,1H3/t9-/m0/s1. The average Bonchev–Trinajstić information content (AvgIpc) is 2.39. The monoisotopic (exact) mass is 281 g/mol. The van der Waals surface area contributed by atoms with E-state index in [0.29, 0.717) is 10.6 Å². The molecule has 0 bridgehead atoms. The van der Waals surface area contributed by atoms with Crippen LogP contribution in [0.15, 0.2) is 36.7 Å². The fourth-order valence-electron chi connectivity index (χ4n) is 1.57. The van der Waals surface area contributed by atoms with Gasteiger partial charge in [0.25, 0.3) is 0 Å². The van der Waals surface area contributed by atoms with Crippen LogP contribution < -0.4 is 4.74 Å². The number of benzene rings is 1. The van der Waals surface area contributed by atoms with Crippen LogP contribution >= 0.6 is 11.6 Å². The molecule has 0 aliphatic heterocycles. The van der Waals surface area contributed by atoms with Gasteiger partial charge in [0, 0.05) is 18.0 Å². The SMILES string of the molecule is C[C@H](O)c1ccc(OCc2ccncc2Cl)c(F)c1. The van der Waals surface area contributed by atoms with Crippen LogP contribution in [0.25, 0.3) is 0 Å². The molecule has 5 heteroatoms. The zero-order valence-corrected chi connectivity index (χ0v) is 11.1. The molecule has 19 heavy (non-hydrogen) atoms. The lowest BCUT2D eigenvalue weighted by atomic mass is 10.1. The number of hydrogen-bond donors (Lipinski definition) is 1. The molecular formula is C14H13ClFNO2. The van der Waals surface area contributed by atoms with Gasteiger partial charge in [0.15, 0.2) is 11.6 Å². The van der Waals surface area contributed by atoms with E-state index in [1.165, 1.54) is 18.3 Å². The Morgan fingerprint density at radius 2 is 2.21 bits per heavy atom. The minimum Gasteiger partial charge on any atom is -0.486 e. The van der Waals surface area contributed by atoms with Gasteiger partial charge in [-0.25, -0.2) is 4.39 Å². The minimum atomic E-state index is -0.710. The molecule has 3 nitrogen and oxygen atoms in total. The number of hydrogen-bond acceptors (Lipinski definition) is 3. The molecule has 100 valence electrons. The number of aliphatic hydroxyl groups excluding tert-OH is 1. The highest BCUT2D eigenvalue weighted by Crippen LogP contribution is 2.23. The summed E-state index contributed by atoms with van der Waals surface area (Å²) in [5, 5.41) is 9.83. The second kappa shape index (κ2) is 5.99. The number of ether oxygens (including phenoxy) is 1. The maximum atomic E-state index is 13.7. The van der Waals surface area contributed by atoms with Crippen LogP contribution in [0.3, 0.4) is 0 Å². The second-order valence-electron chi connectivity index (χ2n) is 4.12. The van der Waals surface area contributed by atoms with Crippen molar-refractivity contribution in [2.24, 2.45) is 0 Å². The number of halogens is 2. The number of pyridine rings is 1. The van der Waals surface area contributed by atoms with Crippen molar-refractivity contribution >= 4 is 11.6 Å². The van der Waals surface area contributed by atoms with Crippen LogP contribution in [-0.2, 0) is 6.61 Å². The number of nitrogens with zero attached hydrogens (tertiary/aromatic N) is 1. The van der Waals surface area contributed by atoms with Gasteiger partial charge in [0.1, 0.15) is 6.61 Å². The molecule has 1 atom stereocenters. The molecule has 2 aromatic rings. The smallest absolute Gasteiger partial charge is 0.165 e. The Hall–Kier alpha value is -1.65. The van der Waals surface area contributed by atoms with E-state index in [-0.39, 0.29) is 12.4 Å². The molecule has 1 aromatic heterocycles. The van der Waals surface area contributed by atoms with E-state index < -0.39 is 11.9 Å². The predicted octanol–water partition coefficient (Wildman–Crippen LogP) is 3.51. The molecule has 0 aliphatic rings. The molecule has 1 aromatic carbocycles. The van der Waals surface area contributed by atoms with Crippen molar-refractivity contribution in [1.82, 2.24) is 4.98 Å². The summed E-state index contributed by atoms with van der Waals surface area (Å²) in [5.41, 5.74) is 1.24. The lowest BCUT2D eigenvalue weighted by Crippen LogP contribution is -2.00. The molecule has 1 N–H and O–H groups in total. The van der Waals surface area contributed by atoms with Crippen molar-refractivity contribution < 1.29 is 14.2 Å². The van der Waals surface area contributed by atoms with Gasteiger partial charge in [0.2, 0.25) is 0 Å². The first-order valence-electron chi connectivity index (χ1n) is 5.76. The Labute approximate surface area is 115 Å². The van der Waals surface area contributed by atoms with Gasteiger partial charge in [-0.15, -0.1) is 0 Å². The molecule has 0 unspecified atom stereocenters. The van der Waals surface area contributed by atoms with Crippen LogP contribution in [0.1, 0.15) is 24.2 Å². The summed E-state index contributed by atoms with van der Waals surface area (Å²) in [6.07, 6.45) is 2.39. The fourth-order valence-corrected chi connectivity index (χ4v) is 1.74. The van der Waals surface area contributed by atoms with Gasteiger partial charge < -0.3 is 9.84 Å². The van der Waals surface area contributed by atoms with Crippen molar-refractivity contribution in [1.29, 1.82) is 0 Å². The van der Waals surface area contributed by atoms with Gasteiger partial charge in [-0.2, -0.15) is 0 Å². The first kappa shape index (κ1) is 13.8. The van der Waals surface area contributed by atoms with Crippen molar-refractivity contribution in [3.63, 3.8) is 0 Å².